The van der Waals surface area contributed by atoms with E-state index in [2.05, 4.69) is 35.4 Å². The molecule has 19 heavy (non-hydrogen) atoms. The zero-order chi connectivity index (χ0) is 13.4. The van der Waals surface area contributed by atoms with Crippen molar-refractivity contribution >= 4 is 27.5 Å². The topological polar surface area (TPSA) is 45.2 Å². The number of nitrogens with zero attached hydrogens (tertiary/aromatic N) is 2. The zero-order valence-corrected chi connectivity index (χ0v) is 11.9. The fourth-order valence-corrected chi connectivity index (χ4v) is 3.28. The first kappa shape index (κ1) is 12.6. The quantitative estimate of drug-likeness (QED) is 0.867. The summed E-state index contributed by atoms with van der Waals surface area (Å²) >= 11 is 1.65. The molecule has 1 aromatic carbocycles. The molecule has 5 heteroatoms. The van der Waals surface area contributed by atoms with Crippen molar-refractivity contribution in [2.45, 2.75) is 25.9 Å². The minimum absolute atomic E-state index is 0.147. The highest BCUT2D eigenvalue weighted by Gasteiger charge is 2.27. The largest absolute Gasteiger partial charge is 0.337 e. The average Bonchev–Trinajstić information content (AvgIpc) is 2.86. The summed E-state index contributed by atoms with van der Waals surface area (Å²) in [5.74, 6) is 0.147. The molecule has 1 aromatic heterocycles. The van der Waals surface area contributed by atoms with Crippen LogP contribution >= 0.6 is 11.3 Å². The summed E-state index contributed by atoms with van der Waals surface area (Å²) in [4.78, 5) is 17.9. The molecule has 1 aliphatic rings. The highest BCUT2D eigenvalue weighted by Crippen LogP contribution is 2.25. The van der Waals surface area contributed by atoms with Gasteiger partial charge in [0.15, 0.2) is 0 Å². The normalized spacial score (nSPS) is 23.8. The lowest BCUT2D eigenvalue weighted by atomic mass is 10.0. The Morgan fingerprint density at radius 1 is 1.53 bits per heavy atom. The Balaban J connectivity index is 1.87. The standard InChI is InChI=1S/C14H17N3OS/c1-9-6-15-13(7-17(9)10(2)18)11-3-4-14-12(5-11)16-8-19-14/h3-5,8-9,13,15H,6-7H2,1-2H3/t9-,13-/m1/s1. The molecule has 0 spiro atoms. The van der Waals surface area contributed by atoms with Crippen molar-refractivity contribution in [1.82, 2.24) is 15.2 Å². The molecule has 0 unspecified atom stereocenters. The molecule has 0 saturated carbocycles. The van der Waals surface area contributed by atoms with Gasteiger partial charge < -0.3 is 10.2 Å². The highest BCUT2D eigenvalue weighted by molar-refractivity contribution is 7.16. The molecule has 1 amide bonds. The van der Waals surface area contributed by atoms with Gasteiger partial charge in [-0.3, -0.25) is 4.79 Å². The molecular formula is C14H17N3OS. The van der Waals surface area contributed by atoms with E-state index in [0.717, 1.165) is 18.6 Å². The van der Waals surface area contributed by atoms with Crippen LogP contribution < -0.4 is 5.32 Å². The third-order valence-corrected chi connectivity index (χ3v) is 4.54. The van der Waals surface area contributed by atoms with Gasteiger partial charge in [0.05, 0.1) is 21.8 Å². The fraction of sp³-hybridized carbons (Fsp3) is 0.429. The van der Waals surface area contributed by atoms with Gasteiger partial charge in [0, 0.05) is 26.1 Å². The zero-order valence-electron chi connectivity index (χ0n) is 11.1. The maximum absolute atomic E-state index is 11.6. The third-order valence-electron chi connectivity index (χ3n) is 3.73. The van der Waals surface area contributed by atoms with E-state index in [1.54, 1.807) is 18.3 Å². The van der Waals surface area contributed by atoms with E-state index in [9.17, 15) is 4.79 Å². The summed E-state index contributed by atoms with van der Waals surface area (Å²) in [5.41, 5.74) is 4.11. The molecule has 0 aliphatic carbocycles. The second kappa shape index (κ2) is 4.90. The van der Waals surface area contributed by atoms with Crippen LogP contribution in [0.1, 0.15) is 25.5 Å². The van der Waals surface area contributed by atoms with Crippen LogP contribution in [0.3, 0.4) is 0 Å². The molecule has 100 valence electrons. The summed E-state index contributed by atoms with van der Waals surface area (Å²) in [6, 6.07) is 6.83. The van der Waals surface area contributed by atoms with E-state index in [1.165, 1.54) is 10.3 Å². The van der Waals surface area contributed by atoms with Gasteiger partial charge in [0.1, 0.15) is 0 Å². The van der Waals surface area contributed by atoms with E-state index in [-0.39, 0.29) is 18.0 Å². The van der Waals surface area contributed by atoms with Crippen molar-refractivity contribution < 1.29 is 4.79 Å². The number of amides is 1. The van der Waals surface area contributed by atoms with Crippen LogP contribution in [0.15, 0.2) is 23.7 Å². The van der Waals surface area contributed by atoms with Crippen molar-refractivity contribution in [2.24, 2.45) is 0 Å². The number of carbonyl (C=O) groups excluding carboxylic acids is 1. The molecule has 1 saturated heterocycles. The Kier molecular flexibility index (Phi) is 3.24. The monoisotopic (exact) mass is 275 g/mol. The van der Waals surface area contributed by atoms with E-state index in [1.807, 2.05) is 10.4 Å². The first-order chi connectivity index (χ1) is 9.15. The predicted molar refractivity (Wildman–Crippen MR) is 77.2 cm³/mol. The Hall–Kier alpha value is -1.46. The maximum Gasteiger partial charge on any atom is 0.219 e. The molecule has 4 nitrogen and oxygen atoms in total. The van der Waals surface area contributed by atoms with Gasteiger partial charge in [-0.05, 0) is 24.6 Å². The number of aromatic nitrogens is 1. The van der Waals surface area contributed by atoms with Gasteiger partial charge in [-0.25, -0.2) is 4.98 Å². The molecule has 2 atom stereocenters. The predicted octanol–water partition coefficient (Wildman–Crippen LogP) is 2.18. The Morgan fingerprint density at radius 2 is 2.37 bits per heavy atom. The van der Waals surface area contributed by atoms with Crippen molar-refractivity contribution in [3.63, 3.8) is 0 Å². The number of hydrogen-bond acceptors (Lipinski definition) is 4. The second-order valence-electron chi connectivity index (χ2n) is 5.06. The van der Waals surface area contributed by atoms with Gasteiger partial charge >= 0.3 is 0 Å². The van der Waals surface area contributed by atoms with E-state index >= 15 is 0 Å². The molecule has 1 fully saturated rings. The van der Waals surface area contributed by atoms with Crippen LogP contribution in [-0.2, 0) is 4.79 Å². The van der Waals surface area contributed by atoms with Crippen LogP contribution in [0.4, 0.5) is 0 Å². The molecule has 0 bridgehead atoms. The number of benzene rings is 1. The highest BCUT2D eigenvalue weighted by atomic mass is 32.1. The van der Waals surface area contributed by atoms with Crippen LogP contribution in [0.25, 0.3) is 10.2 Å². The van der Waals surface area contributed by atoms with E-state index < -0.39 is 0 Å². The lowest BCUT2D eigenvalue weighted by Crippen LogP contribution is -2.53. The summed E-state index contributed by atoms with van der Waals surface area (Å²) in [6.07, 6.45) is 0. The lowest BCUT2D eigenvalue weighted by molar-refractivity contribution is -0.132. The molecule has 1 aliphatic heterocycles. The number of thiazole rings is 1. The average molecular weight is 275 g/mol. The third kappa shape index (κ3) is 2.35. The van der Waals surface area contributed by atoms with E-state index in [0.29, 0.717) is 0 Å². The summed E-state index contributed by atoms with van der Waals surface area (Å²) in [6.45, 7) is 5.28. The van der Waals surface area contributed by atoms with Crippen molar-refractivity contribution in [3.05, 3.63) is 29.3 Å². The first-order valence-electron chi connectivity index (χ1n) is 6.49. The SMILES string of the molecule is CC(=O)N1C[C@H](c2ccc3scnc3c2)NC[C@H]1C. The Bertz CT molecular complexity index is 610. The van der Waals surface area contributed by atoms with Crippen molar-refractivity contribution in [2.75, 3.05) is 13.1 Å². The molecule has 1 N–H and O–H groups in total. The maximum atomic E-state index is 11.6. The summed E-state index contributed by atoms with van der Waals surface area (Å²) in [5, 5.41) is 3.51. The second-order valence-corrected chi connectivity index (χ2v) is 5.95. The van der Waals surface area contributed by atoms with E-state index in [4.69, 9.17) is 0 Å². The molecule has 0 radical (unpaired) electrons. The van der Waals surface area contributed by atoms with Gasteiger partial charge in [0.2, 0.25) is 5.91 Å². The summed E-state index contributed by atoms with van der Waals surface area (Å²) < 4.78 is 1.20. The number of hydrogen-bond donors (Lipinski definition) is 1. The van der Waals surface area contributed by atoms with Gasteiger partial charge in [-0.1, -0.05) is 6.07 Å². The van der Waals surface area contributed by atoms with Gasteiger partial charge in [-0.2, -0.15) is 0 Å². The van der Waals surface area contributed by atoms with Crippen molar-refractivity contribution in [3.8, 4) is 0 Å². The van der Waals surface area contributed by atoms with Crippen LogP contribution in [0.5, 0.6) is 0 Å². The first-order valence-corrected chi connectivity index (χ1v) is 7.37. The fourth-order valence-electron chi connectivity index (χ4n) is 2.62. The van der Waals surface area contributed by atoms with Crippen LogP contribution in [-0.4, -0.2) is 34.9 Å². The minimum atomic E-state index is 0.147. The van der Waals surface area contributed by atoms with Crippen LogP contribution in [0, 0.1) is 0 Å². The lowest BCUT2D eigenvalue weighted by Gasteiger charge is -2.38. The number of nitrogens with one attached hydrogen (secondary N) is 1. The minimum Gasteiger partial charge on any atom is -0.337 e. The molecular weight excluding hydrogens is 258 g/mol. The van der Waals surface area contributed by atoms with Crippen LogP contribution in [0.2, 0.25) is 0 Å². The van der Waals surface area contributed by atoms with Gasteiger partial charge in [-0.15, -0.1) is 11.3 Å². The molecule has 2 heterocycles. The smallest absolute Gasteiger partial charge is 0.219 e. The summed E-state index contributed by atoms with van der Waals surface area (Å²) in [7, 11) is 0. The molecule has 2 aromatic rings. The number of rotatable bonds is 1. The number of piperazine rings is 1. The Morgan fingerprint density at radius 3 is 3.16 bits per heavy atom. The van der Waals surface area contributed by atoms with Crippen molar-refractivity contribution in [1.29, 1.82) is 0 Å². The van der Waals surface area contributed by atoms with Gasteiger partial charge in [0.25, 0.3) is 0 Å². The number of carbonyl (C=O) groups is 1. The molecule has 3 rings (SSSR count). The Labute approximate surface area is 116 Å². The number of fused-ring (bicyclic) bond motifs is 1.